The van der Waals surface area contributed by atoms with Gasteiger partial charge in [0.25, 0.3) is 0 Å². The molecule has 0 aromatic carbocycles. The molecule has 0 unspecified atom stereocenters. The van der Waals surface area contributed by atoms with Crippen LogP contribution in [0.15, 0.2) is 6.33 Å². The van der Waals surface area contributed by atoms with E-state index < -0.39 is 0 Å². The van der Waals surface area contributed by atoms with E-state index in [1.807, 2.05) is 16.4 Å². The topological polar surface area (TPSA) is 47.8 Å². The number of hydrogen-bond acceptors (Lipinski definition) is 4. The molecule has 1 saturated carbocycles. The summed E-state index contributed by atoms with van der Waals surface area (Å²) in [7, 11) is 0. The minimum absolute atomic E-state index is 0.276. The molecule has 0 radical (unpaired) electrons. The van der Waals surface area contributed by atoms with E-state index in [0.717, 1.165) is 12.4 Å². The first kappa shape index (κ1) is 15.5. The van der Waals surface area contributed by atoms with Crippen LogP contribution in [0.3, 0.4) is 0 Å². The lowest BCUT2D eigenvalue weighted by atomic mass is 10.0. The Labute approximate surface area is 125 Å². The lowest BCUT2D eigenvalue weighted by Crippen LogP contribution is -2.17. The molecule has 0 amide bonds. The van der Waals surface area contributed by atoms with Gasteiger partial charge in [-0.15, -0.1) is 0 Å². The van der Waals surface area contributed by atoms with Gasteiger partial charge in [0.1, 0.15) is 17.9 Å². The van der Waals surface area contributed by atoms with Gasteiger partial charge in [-0.25, -0.2) is 9.67 Å². The first-order valence-corrected chi connectivity index (χ1v) is 8.70. The minimum atomic E-state index is 0.276. The summed E-state index contributed by atoms with van der Waals surface area (Å²) in [4.78, 5) is 16.3. The molecule has 0 spiro atoms. The van der Waals surface area contributed by atoms with E-state index in [2.05, 4.69) is 23.9 Å². The van der Waals surface area contributed by atoms with Gasteiger partial charge in [-0.3, -0.25) is 4.79 Å². The number of ketones is 1. The van der Waals surface area contributed by atoms with Crippen LogP contribution in [0.25, 0.3) is 0 Å². The fraction of sp³-hybridized carbons (Fsp3) is 0.800. The molecular weight excluding hydrogens is 270 g/mol. The zero-order valence-electron chi connectivity index (χ0n) is 12.5. The van der Waals surface area contributed by atoms with Gasteiger partial charge in [0, 0.05) is 11.8 Å². The zero-order chi connectivity index (χ0) is 14.4. The van der Waals surface area contributed by atoms with Crippen LogP contribution in [-0.4, -0.2) is 31.6 Å². The second-order valence-electron chi connectivity index (χ2n) is 6.04. The number of Topliss-reactive ketones (excluding diaryl/α,β-unsaturated/α-hetero) is 1. The fourth-order valence-corrected chi connectivity index (χ4v) is 3.78. The number of rotatable bonds is 7. The van der Waals surface area contributed by atoms with Crippen LogP contribution >= 0.6 is 11.8 Å². The molecule has 4 nitrogen and oxygen atoms in total. The molecule has 1 aromatic heterocycles. The molecule has 20 heavy (non-hydrogen) atoms. The average molecular weight is 295 g/mol. The summed E-state index contributed by atoms with van der Waals surface area (Å²) in [5.41, 5.74) is 0. The summed E-state index contributed by atoms with van der Waals surface area (Å²) in [6, 6.07) is 0. The maximum absolute atomic E-state index is 12.1. The molecule has 1 heterocycles. The number of hydrogen-bond donors (Lipinski definition) is 0. The molecule has 2 rings (SSSR count). The van der Waals surface area contributed by atoms with Crippen molar-refractivity contribution in [3.8, 4) is 0 Å². The van der Waals surface area contributed by atoms with Gasteiger partial charge in [0.2, 0.25) is 0 Å². The van der Waals surface area contributed by atoms with E-state index in [0.29, 0.717) is 23.3 Å². The van der Waals surface area contributed by atoms with Crippen molar-refractivity contribution in [2.24, 2.45) is 5.92 Å². The standard InChI is InChI=1S/C15H25N3OS/c1-12(2)9-18-15(16-11-17-18)8-13(19)10-20-14-6-4-3-5-7-14/h11-12,14H,3-10H2,1-2H3. The summed E-state index contributed by atoms with van der Waals surface area (Å²) in [6.07, 6.45) is 8.56. The third kappa shape index (κ3) is 4.93. The van der Waals surface area contributed by atoms with Crippen molar-refractivity contribution in [3.05, 3.63) is 12.2 Å². The summed E-state index contributed by atoms with van der Waals surface area (Å²) < 4.78 is 1.87. The van der Waals surface area contributed by atoms with E-state index in [-0.39, 0.29) is 5.78 Å². The van der Waals surface area contributed by atoms with Crippen LogP contribution in [0.4, 0.5) is 0 Å². The molecule has 112 valence electrons. The molecule has 0 aliphatic heterocycles. The molecular formula is C15H25N3OS. The summed E-state index contributed by atoms with van der Waals surface area (Å²) in [6.45, 7) is 5.12. The van der Waals surface area contributed by atoms with Gasteiger partial charge in [-0.05, 0) is 18.8 Å². The highest BCUT2D eigenvalue weighted by Crippen LogP contribution is 2.28. The molecule has 1 fully saturated rings. The van der Waals surface area contributed by atoms with Crippen molar-refractivity contribution in [2.45, 2.75) is 64.2 Å². The van der Waals surface area contributed by atoms with Crippen LogP contribution in [0, 0.1) is 5.92 Å². The van der Waals surface area contributed by atoms with Crippen molar-refractivity contribution in [1.29, 1.82) is 0 Å². The van der Waals surface area contributed by atoms with E-state index in [1.165, 1.54) is 32.1 Å². The predicted octanol–water partition coefficient (Wildman–Crippen LogP) is 3.11. The Kier molecular flexibility index (Phi) is 6.07. The third-order valence-corrected chi connectivity index (χ3v) is 5.05. The van der Waals surface area contributed by atoms with Gasteiger partial charge < -0.3 is 0 Å². The van der Waals surface area contributed by atoms with Gasteiger partial charge in [-0.1, -0.05) is 33.1 Å². The molecule has 0 saturated heterocycles. The molecule has 1 aliphatic rings. The molecule has 0 atom stereocenters. The maximum atomic E-state index is 12.1. The zero-order valence-corrected chi connectivity index (χ0v) is 13.4. The van der Waals surface area contributed by atoms with Gasteiger partial charge in [-0.2, -0.15) is 16.9 Å². The Hall–Kier alpha value is -0.840. The molecule has 1 aromatic rings. The third-order valence-electron chi connectivity index (χ3n) is 3.62. The van der Waals surface area contributed by atoms with E-state index in [9.17, 15) is 4.79 Å². The number of carbonyl (C=O) groups is 1. The molecule has 1 aliphatic carbocycles. The molecule has 0 bridgehead atoms. The van der Waals surface area contributed by atoms with Crippen LogP contribution < -0.4 is 0 Å². The lowest BCUT2D eigenvalue weighted by Gasteiger charge is -2.20. The Balaban J connectivity index is 1.77. The molecule has 0 N–H and O–H groups in total. The second kappa shape index (κ2) is 7.81. The summed E-state index contributed by atoms with van der Waals surface area (Å²) >= 11 is 1.84. The second-order valence-corrected chi connectivity index (χ2v) is 7.33. The predicted molar refractivity (Wildman–Crippen MR) is 82.9 cm³/mol. The maximum Gasteiger partial charge on any atom is 0.150 e. The minimum Gasteiger partial charge on any atom is -0.298 e. The van der Waals surface area contributed by atoms with Gasteiger partial charge in [0.05, 0.1) is 12.2 Å². The normalized spacial score (nSPS) is 16.8. The van der Waals surface area contributed by atoms with Crippen molar-refractivity contribution in [3.63, 3.8) is 0 Å². The van der Waals surface area contributed by atoms with Crippen LogP contribution in [-0.2, 0) is 17.8 Å². The smallest absolute Gasteiger partial charge is 0.150 e. The number of aromatic nitrogens is 3. The monoisotopic (exact) mass is 295 g/mol. The van der Waals surface area contributed by atoms with Crippen LogP contribution in [0.1, 0.15) is 51.8 Å². The average Bonchev–Trinajstić information content (AvgIpc) is 2.84. The Morgan fingerprint density at radius 2 is 2.15 bits per heavy atom. The highest BCUT2D eigenvalue weighted by Gasteiger charge is 2.17. The number of carbonyl (C=O) groups excluding carboxylic acids is 1. The Morgan fingerprint density at radius 1 is 1.40 bits per heavy atom. The van der Waals surface area contributed by atoms with E-state index in [1.54, 1.807) is 6.33 Å². The van der Waals surface area contributed by atoms with E-state index >= 15 is 0 Å². The number of nitrogens with zero attached hydrogens (tertiary/aromatic N) is 3. The first-order valence-electron chi connectivity index (χ1n) is 7.65. The van der Waals surface area contributed by atoms with Crippen molar-refractivity contribution >= 4 is 17.5 Å². The highest BCUT2D eigenvalue weighted by atomic mass is 32.2. The van der Waals surface area contributed by atoms with Crippen molar-refractivity contribution in [1.82, 2.24) is 14.8 Å². The quantitative estimate of drug-likeness (QED) is 0.775. The van der Waals surface area contributed by atoms with Gasteiger partial charge in [0.15, 0.2) is 0 Å². The van der Waals surface area contributed by atoms with Crippen LogP contribution in [0.5, 0.6) is 0 Å². The first-order chi connectivity index (χ1) is 9.65. The largest absolute Gasteiger partial charge is 0.298 e. The number of thioether (sulfide) groups is 1. The van der Waals surface area contributed by atoms with Crippen molar-refractivity contribution in [2.75, 3.05) is 5.75 Å². The van der Waals surface area contributed by atoms with Crippen LogP contribution in [0.2, 0.25) is 0 Å². The van der Waals surface area contributed by atoms with Crippen molar-refractivity contribution < 1.29 is 4.79 Å². The lowest BCUT2D eigenvalue weighted by molar-refractivity contribution is -0.116. The fourth-order valence-electron chi connectivity index (χ4n) is 2.59. The summed E-state index contributed by atoms with van der Waals surface area (Å²) in [5.74, 6) is 2.23. The highest BCUT2D eigenvalue weighted by molar-refractivity contribution is 8.00. The Bertz CT molecular complexity index is 425. The Morgan fingerprint density at radius 3 is 2.85 bits per heavy atom. The summed E-state index contributed by atoms with van der Waals surface area (Å²) in [5, 5.41) is 4.90. The SMILES string of the molecule is CC(C)Cn1ncnc1CC(=O)CSC1CCCCC1. The molecule has 5 heteroatoms. The van der Waals surface area contributed by atoms with Gasteiger partial charge >= 0.3 is 0 Å². The van der Waals surface area contributed by atoms with E-state index in [4.69, 9.17) is 0 Å².